The van der Waals surface area contributed by atoms with Crippen LogP contribution >= 0.6 is 11.3 Å². The van der Waals surface area contributed by atoms with Crippen molar-refractivity contribution >= 4 is 33.1 Å². The highest BCUT2D eigenvalue weighted by Crippen LogP contribution is 2.27. The summed E-state index contributed by atoms with van der Waals surface area (Å²) in [5, 5.41) is 2.71. The predicted molar refractivity (Wildman–Crippen MR) is 101 cm³/mol. The van der Waals surface area contributed by atoms with E-state index < -0.39 is 16.1 Å². The fourth-order valence-corrected chi connectivity index (χ4v) is 4.22. The number of nitrogens with zero attached hydrogens (tertiary/aromatic N) is 3. The number of rotatable bonds is 7. The zero-order valence-corrected chi connectivity index (χ0v) is 16.3. The van der Waals surface area contributed by atoms with Crippen LogP contribution in [0.5, 0.6) is 0 Å². The summed E-state index contributed by atoms with van der Waals surface area (Å²) < 4.78 is 30.5. The number of hydrogen-bond acceptors (Lipinski definition) is 6. The van der Waals surface area contributed by atoms with Gasteiger partial charge in [-0.25, -0.2) is 22.5 Å². The summed E-state index contributed by atoms with van der Waals surface area (Å²) in [6.45, 7) is 2.69. The summed E-state index contributed by atoms with van der Waals surface area (Å²) in [6, 6.07) is 6.65. The fourth-order valence-electron chi connectivity index (χ4n) is 2.85. The van der Waals surface area contributed by atoms with Gasteiger partial charge in [-0.2, -0.15) is 0 Å². The zero-order chi connectivity index (χ0) is 18.7. The summed E-state index contributed by atoms with van der Waals surface area (Å²) in [6.07, 6.45) is 3.64. The van der Waals surface area contributed by atoms with E-state index >= 15 is 0 Å². The SMILES string of the molecule is CCc1ccc(N2C(=O)N(S(C)(=O)=O)C[C@@H]2COCc2nccs2)cc1. The Bertz CT molecular complexity index is 851. The Labute approximate surface area is 157 Å². The summed E-state index contributed by atoms with van der Waals surface area (Å²) >= 11 is 1.49. The predicted octanol–water partition coefficient (Wildman–Crippen LogP) is 2.49. The number of benzene rings is 1. The minimum atomic E-state index is -3.63. The molecular weight excluding hydrogens is 374 g/mol. The number of carbonyl (C=O) groups excluding carboxylic acids is 1. The summed E-state index contributed by atoms with van der Waals surface area (Å²) in [4.78, 5) is 18.4. The molecule has 3 rings (SSSR count). The lowest BCUT2D eigenvalue weighted by atomic mass is 10.1. The summed E-state index contributed by atoms with van der Waals surface area (Å²) in [5.41, 5.74) is 1.82. The van der Waals surface area contributed by atoms with Gasteiger partial charge in [-0.15, -0.1) is 11.3 Å². The van der Waals surface area contributed by atoms with Crippen molar-refractivity contribution in [3.05, 3.63) is 46.4 Å². The molecule has 9 heteroatoms. The van der Waals surface area contributed by atoms with Crippen LogP contribution in [0, 0.1) is 0 Å². The van der Waals surface area contributed by atoms with Crippen molar-refractivity contribution in [2.24, 2.45) is 0 Å². The van der Waals surface area contributed by atoms with Crippen LogP contribution in [0.3, 0.4) is 0 Å². The Hall–Kier alpha value is -1.97. The minimum Gasteiger partial charge on any atom is -0.372 e. The van der Waals surface area contributed by atoms with Gasteiger partial charge in [-0.1, -0.05) is 19.1 Å². The van der Waals surface area contributed by atoms with Gasteiger partial charge in [0.1, 0.15) is 5.01 Å². The van der Waals surface area contributed by atoms with Gasteiger partial charge in [0.2, 0.25) is 10.0 Å². The molecular formula is C17H21N3O4S2. The lowest BCUT2D eigenvalue weighted by Crippen LogP contribution is -2.38. The third-order valence-corrected chi connectivity index (χ3v) is 6.06. The highest BCUT2D eigenvalue weighted by atomic mass is 32.2. The van der Waals surface area contributed by atoms with Crippen molar-refractivity contribution in [2.75, 3.05) is 24.3 Å². The number of carbonyl (C=O) groups is 1. The molecule has 0 radical (unpaired) electrons. The molecule has 7 nitrogen and oxygen atoms in total. The number of anilines is 1. The first-order valence-corrected chi connectivity index (χ1v) is 11.0. The Morgan fingerprint density at radius 1 is 1.31 bits per heavy atom. The molecule has 1 aromatic heterocycles. The number of aromatic nitrogens is 1. The second-order valence-electron chi connectivity index (χ2n) is 6.06. The molecule has 1 saturated heterocycles. The lowest BCUT2D eigenvalue weighted by Gasteiger charge is -2.23. The number of sulfonamides is 1. The number of hydrogen-bond donors (Lipinski definition) is 0. The van der Waals surface area contributed by atoms with Gasteiger partial charge in [0.15, 0.2) is 0 Å². The number of thiazole rings is 1. The van der Waals surface area contributed by atoms with E-state index in [1.807, 2.05) is 29.6 Å². The van der Waals surface area contributed by atoms with Gasteiger partial charge in [0.05, 0.1) is 32.1 Å². The molecule has 0 aliphatic carbocycles. The number of amides is 2. The first kappa shape index (κ1) is 18.8. The maximum atomic E-state index is 12.7. The van der Waals surface area contributed by atoms with Gasteiger partial charge < -0.3 is 4.74 Å². The molecule has 2 amide bonds. The molecule has 1 aromatic carbocycles. The van der Waals surface area contributed by atoms with Gasteiger partial charge in [-0.05, 0) is 24.1 Å². The Morgan fingerprint density at radius 2 is 2.04 bits per heavy atom. The third kappa shape index (κ3) is 4.05. The van der Waals surface area contributed by atoms with E-state index in [0.717, 1.165) is 27.6 Å². The van der Waals surface area contributed by atoms with E-state index in [2.05, 4.69) is 11.9 Å². The molecule has 26 heavy (non-hydrogen) atoms. The van der Waals surface area contributed by atoms with Crippen molar-refractivity contribution in [3.8, 4) is 0 Å². The maximum absolute atomic E-state index is 12.7. The quantitative estimate of drug-likeness (QED) is 0.720. The van der Waals surface area contributed by atoms with Crippen LogP contribution in [0.25, 0.3) is 0 Å². The molecule has 2 aromatic rings. The monoisotopic (exact) mass is 395 g/mol. The Morgan fingerprint density at radius 3 is 2.62 bits per heavy atom. The van der Waals surface area contributed by atoms with Crippen LogP contribution < -0.4 is 4.90 Å². The first-order valence-electron chi connectivity index (χ1n) is 8.26. The van der Waals surface area contributed by atoms with Crippen molar-refractivity contribution < 1.29 is 17.9 Å². The lowest BCUT2D eigenvalue weighted by molar-refractivity contribution is 0.109. The van der Waals surface area contributed by atoms with Crippen LogP contribution in [-0.4, -0.2) is 49.2 Å². The van der Waals surface area contributed by atoms with Crippen molar-refractivity contribution in [2.45, 2.75) is 26.0 Å². The smallest absolute Gasteiger partial charge is 0.338 e. The first-order chi connectivity index (χ1) is 12.4. The van der Waals surface area contributed by atoms with Crippen LogP contribution in [0.2, 0.25) is 0 Å². The Kier molecular flexibility index (Phi) is 5.59. The van der Waals surface area contributed by atoms with Crippen LogP contribution in [0.4, 0.5) is 10.5 Å². The van der Waals surface area contributed by atoms with Gasteiger partial charge in [0.25, 0.3) is 0 Å². The molecule has 1 fully saturated rings. The number of urea groups is 1. The van der Waals surface area contributed by atoms with E-state index in [4.69, 9.17) is 4.74 Å². The Balaban J connectivity index is 1.79. The molecule has 0 bridgehead atoms. The standard InChI is InChI=1S/C17H21N3O4S2/c1-3-13-4-6-14(7-5-13)20-15(10-19(17(20)21)26(2,22)23)11-24-12-16-18-8-9-25-16/h4-9,15H,3,10-12H2,1-2H3/t15-/m1/s1. The van der Waals surface area contributed by atoms with E-state index in [0.29, 0.717) is 12.3 Å². The average molecular weight is 396 g/mol. The molecule has 2 heterocycles. The van der Waals surface area contributed by atoms with Crippen molar-refractivity contribution in [3.63, 3.8) is 0 Å². The van der Waals surface area contributed by atoms with Gasteiger partial charge in [-0.3, -0.25) is 4.90 Å². The highest BCUT2D eigenvalue weighted by Gasteiger charge is 2.42. The third-order valence-electron chi connectivity index (χ3n) is 4.20. The fraction of sp³-hybridized carbons (Fsp3) is 0.412. The molecule has 140 valence electrons. The van der Waals surface area contributed by atoms with Crippen molar-refractivity contribution in [1.29, 1.82) is 0 Å². The topological polar surface area (TPSA) is 79.8 Å². The molecule has 1 aliphatic heterocycles. The maximum Gasteiger partial charge on any atom is 0.338 e. The van der Waals surface area contributed by atoms with E-state index in [-0.39, 0.29) is 19.2 Å². The molecule has 1 atom stereocenters. The van der Waals surface area contributed by atoms with Crippen LogP contribution in [0.15, 0.2) is 35.8 Å². The number of aryl methyl sites for hydroxylation is 1. The second-order valence-corrected chi connectivity index (χ2v) is 8.95. The van der Waals surface area contributed by atoms with E-state index in [1.54, 1.807) is 6.20 Å². The van der Waals surface area contributed by atoms with Crippen molar-refractivity contribution in [1.82, 2.24) is 9.29 Å². The molecule has 0 unspecified atom stereocenters. The number of ether oxygens (including phenoxy) is 1. The molecule has 1 aliphatic rings. The largest absolute Gasteiger partial charge is 0.372 e. The summed E-state index contributed by atoms with van der Waals surface area (Å²) in [5.74, 6) is 0. The van der Waals surface area contributed by atoms with Gasteiger partial charge >= 0.3 is 6.03 Å². The summed E-state index contributed by atoms with van der Waals surface area (Å²) in [7, 11) is -3.63. The van der Waals surface area contributed by atoms with Gasteiger partial charge in [0, 0.05) is 17.3 Å². The normalized spacial score (nSPS) is 17.9. The molecule has 0 spiro atoms. The van der Waals surface area contributed by atoms with E-state index in [1.165, 1.54) is 16.2 Å². The second kappa shape index (κ2) is 7.73. The zero-order valence-electron chi connectivity index (χ0n) is 14.7. The van der Waals surface area contributed by atoms with E-state index in [9.17, 15) is 13.2 Å². The van der Waals surface area contributed by atoms with Crippen LogP contribution in [-0.2, 0) is 27.8 Å². The highest BCUT2D eigenvalue weighted by molar-refractivity contribution is 7.88. The molecule has 0 saturated carbocycles. The minimum absolute atomic E-state index is 0.0745. The van der Waals surface area contributed by atoms with Crippen LogP contribution in [0.1, 0.15) is 17.5 Å². The molecule has 0 N–H and O–H groups in total. The average Bonchev–Trinajstić information content (AvgIpc) is 3.23.